The third-order valence-corrected chi connectivity index (χ3v) is 4.44. The lowest BCUT2D eigenvalue weighted by Gasteiger charge is -2.22. The predicted molar refractivity (Wildman–Crippen MR) is 108 cm³/mol. The van der Waals surface area contributed by atoms with Crippen LogP contribution >= 0.6 is 0 Å². The maximum Gasteiger partial charge on any atom is 0.255 e. The number of nitrogens with one attached hydrogen (secondary N) is 2. The van der Waals surface area contributed by atoms with Gasteiger partial charge in [0.2, 0.25) is 5.91 Å². The smallest absolute Gasteiger partial charge is 0.255 e. The molecule has 0 radical (unpaired) electrons. The van der Waals surface area contributed by atoms with E-state index in [1.807, 2.05) is 58.9 Å². The number of ether oxygens (including phenoxy) is 1. The summed E-state index contributed by atoms with van der Waals surface area (Å²) in [5, 5.41) is 5.75. The molecule has 2 aromatic rings. The van der Waals surface area contributed by atoms with E-state index in [9.17, 15) is 9.59 Å². The molecule has 2 rings (SSSR count). The Hall–Kier alpha value is -2.82. The van der Waals surface area contributed by atoms with Crippen LogP contribution in [0.4, 0.5) is 5.69 Å². The number of para-hydroxylation sites is 1. The highest BCUT2D eigenvalue weighted by Crippen LogP contribution is 2.19. The van der Waals surface area contributed by atoms with E-state index >= 15 is 0 Å². The van der Waals surface area contributed by atoms with Gasteiger partial charge in [0, 0.05) is 5.69 Å². The average molecular weight is 368 g/mol. The molecule has 2 amide bonds. The first kappa shape index (κ1) is 20.5. The van der Waals surface area contributed by atoms with Gasteiger partial charge in [-0.25, -0.2) is 0 Å². The van der Waals surface area contributed by atoms with Crippen molar-refractivity contribution < 1.29 is 14.3 Å². The number of rotatable bonds is 7. The Morgan fingerprint density at radius 2 is 1.74 bits per heavy atom. The summed E-state index contributed by atoms with van der Waals surface area (Å²) in [5.74, 6) is -0.127. The number of anilines is 1. The van der Waals surface area contributed by atoms with Crippen molar-refractivity contribution in [3.63, 3.8) is 0 Å². The predicted octanol–water partition coefficient (Wildman–Crippen LogP) is 4.10. The average Bonchev–Trinajstić information content (AvgIpc) is 2.63. The second kappa shape index (κ2) is 9.21. The van der Waals surface area contributed by atoms with Crippen LogP contribution in [0.5, 0.6) is 5.75 Å². The van der Waals surface area contributed by atoms with Crippen molar-refractivity contribution in [2.45, 2.75) is 40.7 Å². The molecule has 27 heavy (non-hydrogen) atoms. The van der Waals surface area contributed by atoms with Gasteiger partial charge in [-0.1, -0.05) is 32.0 Å². The van der Waals surface area contributed by atoms with Gasteiger partial charge in [0.25, 0.3) is 5.91 Å². The van der Waals surface area contributed by atoms with Gasteiger partial charge >= 0.3 is 0 Å². The topological polar surface area (TPSA) is 67.4 Å². The van der Waals surface area contributed by atoms with E-state index in [-0.39, 0.29) is 17.7 Å². The van der Waals surface area contributed by atoms with Crippen LogP contribution < -0.4 is 15.4 Å². The summed E-state index contributed by atoms with van der Waals surface area (Å²) in [6.07, 6.45) is 0. The number of carbonyl (C=O) groups excluding carboxylic acids is 2. The summed E-state index contributed by atoms with van der Waals surface area (Å²) >= 11 is 0. The number of carbonyl (C=O) groups is 2. The highest BCUT2D eigenvalue weighted by molar-refractivity contribution is 6.02. The van der Waals surface area contributed by atoms with Gasteiger partial charge < -0.3 is 15.4 Å². The zero-order valence-corrected chi connectivity index (χ0v) is 16.6. The Morgan fingerprint density at radius 1 is 1.04 bits per heavy atom. The SMILES string of the molecule is CCOc1ccccc1C(=O)N[C@H](C(=O)Nc1ccc(C)c(C)c1)C(C)C. The second-order valence-corrected chi connectivity index (χ2v) is 6.91. The first-order valence-electron chi connectivity index (χ1n) is 9.24. The number of hydrogen-bond acceptors (Lipinski definition) is 3. The lowest BCUT2D eigenvalue weighted by Crippen LogP contribution is -2.47. The zero-order valence-electron chi connectivity index (χ0n) is 16.6. The fourth-order valence-electron chi connectivity index (χ4n) is 2.73. The Labute approximate surface area is 161 Å². The first-order chi connectivity index (χ1) is 12.8. The van der Waals surface area contributed by atoms with Gasteiger partial charge in [0.1, 0.15) is 11.8 Å². The molecule has 2 N–H and O–H groups in total. The van der Waals surface area contributed by atoms with Crippen LogP contribution in [0.3, 0.4) is 0 Å². The van der Waals surface area contributed by atoms with Gasteiger partial charge in [-0.3, -0.25) is 9.59 Å². The van der Waals surface area contributed by atoms with Gasteiger partial charge in [0.05, 0.1) is 12.2 Å². The van der Waals surface area contributed by atoms with Crippen LogP contribution in [0, 0.1) is 19.8 Å². The van der Waals surface area contributed by atoms with Crippen LogP contribution in [0.25, 0.3) is 0 Å². The maximum atomic E-state index is 12.8. The molecule has 0 saturated carbocycles. The van der Waals surface area contributed by atoms with Crippen molar-refractivity contribution in [2.75, 3.05) is 11.9 Å². The fourth-order valence-corrected chi connectivity index (χ4v) is 2.73. The molecule has 0 fully saturated rings. The van der Waals surface area contributed by atoms with Gasteiger partial charge in [0.15, 0.2) is 0 Å². The fraction of sp³-hybridized carbons (Fsp3) is 0.364. The van der Waals surface area contributed by atoms with Crippen molar-refractivity contribution >= 4 is 17.5 Å². The zero-order chi connectivity index (χ0) is 20.0. The van der Waals surface area contributed by atoms with Gasteiger partial charge in [-0.2, -0.15) is 0 Å². The Bertz CT molecular complexity index is 815. The normalized spacial score (nSPS) is 11.8. The standard InChI is InChI=1S/C22H28N2O3/c1-6-27-19-10-8-7-9-18(19)21(25)24-20(14(2)3)22(26)23-17-12-11-15(4)16(5)13-17/h7-14,20H,6H2,1-5H3,(H,23,26)(H,24,25)/t20-/m0/s1. The number of hydrogen-bond donors (Lipinski definition) is 2. The van der Waals surface area contributed by atoms with Crippen LogP contribution in [0.15, 0.2) is 42.5 Å². The lowest BCUT2D eigenvalue weighted by atomic mass is 10.0. The molecular weight excluding hydrogens is 340 g/mol. The van der Waals surface area contributed by atoms with Crippen LogP contribution in [-0.2, 0) is 4.79 Å². The Balaban J connectivity index is 2.16. The molecule has 0 aliphatic carbocycles. The Morgan fingerprint density at radius 3 is 2.37 bits per heavy atom. The summed E-state index contributed by atoms with van der Waals surface area (Å²) in [5.41, 5.74) is 3.40. The van der Waals surface area contributed by atoms with E-state index in [0.29, 0.717) is 17.9 Å². The highest BCUT2D eigenvalue weighted by atomic mass is 16.5. The van der Waals surface area contributed by atoms with Crippen molar-refractivity contribution in [3.05, 3.63) is 59.2 Å². The maximum absolute atomic E-state index is 12.8. The van der Waals surface area contributed by atoms with Gasteiger partial charge in [-0.05, 0) is 62.1 Å². The monoisotopic (exact) mass is 368 g/mol. The lowest BCUT2D eigenvalue weighted by molar-refractivity contribution is -0.118. The van der Waals surface area contributed by atoms with Crippen molar-refractivity contribution in [2.24, 2.45) is 5.92 Å². The van der Waals surface area contributed by atoms with Crippen molar-refractivity contribution in [3.8, 4) is 5.75 Å². The van der Waals surface area contributed by atoms with E-state index in [0.717, 1.165) is 16.8 Å². The molecule has 5 heteroatoms. The highest BCUT2D eigenvalue weighted by Gasteiger charge is 2.26. The van der Waals surface area contributed by atoms with Crippen LogP contribution in [0.2, 0.25) is 0 Å². The minimum atomic E-state index is -0.659. The molecular formula is C22H28N2O3. The molecule has 0 aromatic heterocycles. The molecule has 5 nitrogen and oxygen atoms in total. The third kappa shape index (κ3) is 5.33. The molecule has 2 aromatic carbocycles. The molecule has 0 aliphatic heterocycles. The first-order valence-corrected chi connectivity index (χ1v) is 9.24. The minimum absolute atomic E-state index is 0.0697. The molecule has 0 bridgehead atoms. The van der Waals surface area contributed by atoms with E-state index in [4.69, 9.17) is 4.74 Å². The summed E-state index contributed by atoms with van der Waals surface area (Å²) in [4.78, 5) is 25.5. The molecule has 0 unspecified atom stereocenters. The number of aryl methyl sites for hydroxylation is 2. The van der Waals surface area contributed by atoms with E-state index in [2.05, 4.69) is 10.6 Å². The van der Waals surface area contributed by atoms with E-state index in [1.54, 1.807) is 18.2 Å². The molecule has 0 spiro atoms. The quantitative estimate of drug-likeness (QED) is 0.773. The van der Waals surface area contributed by atoms with Crippen molar-refractivity contribution in [1.29, 1.82) is 0 Å². The van der Waals surface area contributed by atoms with Crippen molar-refractivity contribution in [1.82, 2.24) is 5.32 Å². The molecule has 0 heterocycles. The van der Waals surface area contributed by atoms with E-state index < -0.39 is 6.04 Å². The largest absolute Gasteiger partial charge is 0.493 e. The second-order valence-electron chi connectivity index (χ2n) is 6.91. The summed E-state index contributed by atoms with van der Waals surface area (Å²) in [6, 6.07) is 12.1. The molecule has 144 valence electrons. The summed E-state index contributed by atoms with van der Waals surface area (Å²) in [6.45, 7) is 10.2. The molecule has 1 atom stereocenters. The molecule has 0 aliphatic rings. The summed E-state index contributed by atoms with van der Waals surface area (Å²) in [7, 11) is 0. The minimum Gasteiger partial charge on any atom is -0.493 e. The van der Waals surface area contributed by atoms with Crippen LogP contribution in [0.1, 0.15) is 42.3 Å². The third-order valence-electron chi connectivity index (χ3n) is 4.44. The Kier molecular flexibility index (Phi) is 6.99. The number of amides is 2. The number of benzene rings is 2. The van der Waals surface area contributed by atoms with Crippen LogP contribution in [-0.4, -0.2) is 24.5 Å². The van der Waals surface area contributed by atoms with E-state index in [1.165, 1.54) is 0 Å². The van der Waals surface area contributed by atoms with Gasteiger partial charge in [-0.15, -0.1) is 0 Å². The molecule has 0 saturated heterocycles. The summed E-state index contributed by atoms with van der Waals surface area (Å²) < 4.78 is 5.52.